The smallest absolute Gasteiger partial charge is 0.253 e. The van der Waals surface area contributed by atoms with Crippen LogP contribution in [0, 0.1) is 0 Å². The molecule has 2 aliphatic heterocycles. The van der Waals surface area contributed by atoms with Gasteiger partial charge in [0.05, 0.1) is 11.5 Å². The molecule has 0 atom stereocenters. The predicted octanol–water partition coefficient (Wildman–Crippen LogP) is 2.76. The molecule has 1 amide bonds. The van der Waals surface area contributed by atoms with Crippen LogP contribution in [0.4, 0.5) is 5.82 Å². The zero-order valence-corrected chi connectivity index (χ0v) is 16.0. The molecular weight excluding hydrogens is 374 g/mol. The largest absolute Gasteiger partial charge is 0.383 e. The van der Waals surface area contributed by atoms with Gasteiger partial charge in [0.15, 0.2) is 9.84 Å². The van der Waals surface area contributed by atoms with E-state index in [9.17, 15) is 13.2 Å². The highest BCUT2D eigenvalue weighted by Crippen LogP contribution is 2.35. The lowest BCUT2D eigenvalue weighted by Crippen LogP contribution is -2.41. The highest BCUT2D eigenvalue weighted by atomic mass is 32.2. The highest BCUT2D eigenvalue weighted by molar-refractivity contribution is 7.90. The minimum atomic E-state index is -3.06. The van der Waals surface area contributed by atoms with Crippen molar-refractivity contribution in [1.82, 2.24) is 9.88 Å². The van der Waals surface area contributed by atoms with Crippen LogP contribution in [0.1, 0.15) is 27.9 Å². The number of aromatic nitrogens is 1. The van der Waals surface area contributed by atoms with E-state index in [4.69, 9.17) is 5.73 Å². The number of anilines is 1. The molecule has 3 heterocycles. The lowest BCUT2D eigenvalue weighted by Gasteiger charge is -2.31. The molecule has 142 valence electrons. The van der Waals surface area contributed by atoms with Crippen LogP contribution in [0.15, 0.2) is 42.6 Å². The van der Waals surface area contributed by atoms with Crippen LogP contribution in [-0.4, -0.2) is 37.3 Å². The lowest BCUT2D eigenvalue weighted by molar-refractivity contribution is 0.0652. The van der Waals surface area contributed by atoms with E-state index in [1.165, 1.54) is 0 Å². The fraction of sp³-hybridized carbons (Fsp3) is 0.238. The average Bonchev–Trinajstić information content (AvgIpc) is 2.93. The minimum absolute atomic E-state index is 0.0227. The van der Waals surface area contributed by atoms with Gasteiger partial charge in [-0.05, 0) is 52.8 Å². The summed E-state index contributed by atoms with van der Waals surface area (Å²) in [6.45, 7) is 1.59. The van der Waals surface area contributed by atoms with Crippen LogP contribution in [0.25, 0.3) is 21.9 Å². The molecule has 0 radical (unpaired) electrons. The molecule has 0 saturated carbocycles. The van der Waals surface area contributed by atoms with E-state index in [1.807, 2.05) is 35.2 Å². The van der Waals surface area contributed by atoms with Gasteiger partial charge in [-0.15, -0.1) is 0 Å². The molecule has 0 spiro atoms. The third kappa shape index (κ3) is 2.74. The SMILES string of the molecule is Nc1ncc(-c2ccc3c(c2)CS(=O)(=O)C3)c2cc(C(=O)N3CCC3)ccc12. The standard InChI is InChI=1S/C21H19N3O3S/c22-20-17-5-4-14(21(25)24-6-1-7-24)9-18(17)19(10-23-20)13-2-3-15-11-28(26,27)12-16(15)8-13/h2-5,8-10H,1,6-7,11-12H2,(H2,22,23). The number of nitrogen functional groups attached to an aromatic ring is 1. The van der Waals surface area contributed by atoms with Gasteiger partial charge >= 0.3 is 0 Å². The first-order valence-corrected chi connectivity index (χ1v) is 11.0. The zero-order chi connectivity index (χ0) is 19.5. The predicted molar refractivity (Wildman–Crippen MR) is 108 cm³/mol. The Kier molecular flexibility index (Phi) is 3.71. The number of hydrogen-bond acceptors (Lipinski definition) is 5. The molecule has 7 heteroatoms. The summed E-state index contributed by atoms with van der Waals surface area (Å²) in [5.74, 6) is 0.590. The van der Waals surface area contributed by atoms with Gasteiger partial charge in [-0.2, -0.15) is 0 Å². The summed E-state index contributed by atoms with van der Waals surface area (Å²) >= 11 is 0. The van der Waals surface area contributed by atoms with E-state index >= 15 is 0 Å². The molecule has 5 rings (SSSR count). The van der Waals surface area contributed by atoms with Crippen molar-refractivity contribution in [3.05, 3.63) is 59.3 Å². The summed E-state index contributed by atoms with van der Waals surface area (Å²) in [6.07, 6.45) is 2.74. The number of carbonyl (C=O) groups excluding carboxylic acids is 1. The summed E-state index contributed by atoms with van der Waals surface area (Å²) in [6, 6.07) is 11.2. The molecule has 2 aromatic carbocycles. The van der Waals surface area contributed by atoms with Crippen molar-refractivity contribution < 1.29 is 13.2 Å². The Morgan fingerprint density at radius 2 is 1.79 bits per heavy atom. The highest BCUT2D eigenvalue weighted by Gasteiger charge is 2.25. The second kappa shape index (κ2) is 6.04. The van der Waals surface area contributed by atoms with E-state index in [2.05, 4.69) is 4.98 Å². The van der Waals surface area contributed by atoms with Crippen molar-refractivity contribution in [2.75, 3.05) is 18.8 Å². The topological polar surface area (TPSA) is 93.4 Å². The van der Waals surface area contributed by atoms with Crippen molar-refractivity contribution in [3.63, 3.8) is 0 Å². The van der Waals surface area contributed by atoms with Gasteiger partial charge in [-0.1, -0.05) is 12.1 Å². The maximum absolute atomic E-state index is 12.6. The Morgan fingerprint density at radius 1 is 1.00 bits per heavy atom. The molecule has 6 nitrogen and oxygen atoms in total. The van der Waals surface area contributed by atoms with Crippen molar-refractivity contribution in [3.8, 4) is 11.1 Å². The van der Waals surface area contributed by atoms with E-state index < -0.39 is 9.84 Å². The Labute approximate surface area is 162 Å². The number of rotatable bonds is 2. The summed E-state index contributed by atoms with van der Waals surface area (Å²) in [7, 11) is -3.06. The quantitative estimate of drug-likeness (QED) is 0.723. The first-order chi connectivity index (χ1) is 13.4. The number of benzene rings is 2. The van der Waals surface area contributed by atoms with Gasteiger partial charge in [0.25, 0.3) is 5.91 Å². The van der Waals surface area contributed by atoms with Gasteiger partial charge in [-0.3, -0.25) is 4.79 Å². The van der Waals surface area contributed by atoms with E-state index in [1.54, 1.807) is 12.3 Å². The zero-order valence-electron chi connectivity index (χ0n) is 15.2. The number of likely N-dealkylation sites (tertiary alicyclic amines) is 1. The number of nitrogens with zero attached hydrogens (tertiary/aromatic N) is 2. The minimum Gasteiger partial charge on any atom is -0.383 e. The summed E-state index contributed by atoms with van der Waals surface area (Å²) in [5.41, 5.74) is 10.1. The lowest BCUT2D eigenvalue weighted by atomic mass is 9.96. The number of pyridine rings is 1. The Balaban J connectivity index is 1.65. The second-order valence-electron chi connectivity index (χ2n) is 7.48. The number of hydrogen-bond donors (Lipinski definition) is 1. The number of amides is 1. The first kappa shape index (κ1) is 17.2. The second-order valence-corrected chi connectivity index (χ2v) is 9.54. The van der Waals surface area contributed by atoms with E-state index in [0.29, 0.717) is 11.4 Å². The van der Waals surface area contributed by atoms with Crippen LogP contribution in [0.2, 0.25) is 0 Å². The van der Waals surface area contributed by atoms with Gasteiger partial charge < -0.3 is 10.6 Å². The first-order valence-electron chi connectivity index (χ1n) is 9.21. The van der Waals surface area contributed by atoms with Crippen LogP contribution in [0.3, 0.4) is 0 Å². The summed E-state index contributed by atoms with van der Waals surface area (Å²) in [4.78, 5) is 18.8. The molecular formula is C21H19N3O3S. The molecule has 0 bridgehead atoms. The van der Waals surface area contributed by atoms with Gasteiger partial charge in [0.1, 0.15) is 5.82 Å². The third-order valence-corrected chi connectivity index (χ3v) is 7.08. The van der Waals surface area contributed by atoms with Crippen LogP contribution >= 0.6 is 0 Å². The molecule has 1 fully saturated rings. The Bertz CT molecular complexity index is 1250. The van der Waals surface area contributed by atoms with Crippen molar-refractivity contribution >= 4 is 32.3 Å². The fourth-order valence-corrected chi connectivity index (χ4v) is 5.52. The molecule has 3 aromatic rings. The average molecular weight is 393 g/mol. The van der Waals surface area contributed by atoms with Gasteiger partial charge in [0.2, 0.25) is 0 Å². The molecule has 28 heavy (non-hydrogen) atoms. The van der Waals surface area contributed by atoms with Crippen LogP contribution < -0.4 is 5.73 Å². The number of sulfone groups is 1. The molecule has 2 N–H and O–H groups in total. The van der Waals surface area contributed by atoms with E-state index in [-0.39, 0.29) is 17.4 Å². The van der Waals surface area contributed by atoms with Crippen molar-refractivity contribution in [2.45, 2.75) is 17.9 Å². The van der Waals surface area contributed by atoms with Gasteiger partial charge in [-0.25, -0.2) is 13.4 Å². The third-order valence-electron chi connectivity index (χ3n) is 5.58. The molecule has 0 unspecified atom stereocenters. The fourth-order valence-electron chi connectivity index (χ4n) is 3.92. The number of nitrogens with two attached hydrogens (primary N) is 1. The molecule has 1 saturated heterocycles. The van der Waals surface area contributed by atoms with E-state index in [0.717, 1.165) is 52.5 Å². The number of carbonyl (C=O) groups is 1. The Hall–Kier alpha value is -2.93. The van der Waals surface area contributed by atoms with Crippen LogP contribution in [-0.2, 0) is 21.3 Å². The molecule has 0 aliphatic carbocycles. The maximum Gasteiger partial charge on any atom is 0.253 e. The summed E-state index contributed by atoms with van der Waals surface area (Å²) < 4.78 is 23.9. The Morgan fingerprint density at radius 3 is 2.54 bits per heavy atom. The van der Waals surface area contributed by atoms with Crippen molar-refractivity contribution in [1.29, 1.82) is 0 Å². The van der Waals surface area contributed by atoms with Crippen molar-refractivity contribution in [2.24, 2.45) is 0 Å². The summed E-state index contributed by atoms with van der Waals surface area (Å²) in [5, 5.41) is 1.63. The monoisotopic (exact) mass is 393 g/mol. The number of fused-ring (bicyclic) bond motifs is 2. The van der Waals surface area contributed by atoms with Gasteiger partial charge in [0, 0.05) is 35.8 Å². The molecule has 1 aromatic heterocycles. The van der Waals surface area contributed by atoms with Crippen LogP contribution in [0.5, 0.6) is 0 Å². The normalized spacial score (nSPS) is 17.4. The molecule has 2 aliphatic rings. The maximum atomic E-state index is 12.6.